The minimum atomic E-state index is 0.0556. The number of amides is 1. The maximum atomic E-state index is 11.8. The van der Waals surface area contributed by atoms with Crippen LogP contribution < -0.4 is 5.32 Å². The molecule has 1 aromatic carbocycles. The fourth-order valence-electron chi connectivity index (χ4n) is 2.92. The lowest BCUT2D eigenvalue weighted by Crippen LogP contribution is -2.26. The van der Waals surface area contributed by atoms with Crippen molar-refractivity contribution in [3.8, 4) is 0 Å². The first-order valence-corrected chi connectivity index (χ1v) is 7.68. The van der Waals surface area contributed by atoms with Crippen LogP contribution in [0.5, 0.6) is 0 Å². The molecule has 0 saturated heterocycles. The minimum absolute atomic E-state index is 0.0556. The lowest BCUT2D eigenvalue weighted by atomic mass is 9.84. The lowest BCUT2D eigenvalue weighted by molar-refractivity contribution is 0.0827. The maximum absolute atomic E-state index is 11.8. The molecule has 3 heteroatoms. The first-order valence-electron chi connectivity index (χ1n) is 7.68. The van der Waals surface area contributed by atoms with E-state index in [1.165, 1.54) is 32.1 Å². The number of hydrogen-bond donors (Lipinski definition) is 1. The van der Waals surface area contributed by atoms with Crippen LogP contribution in [0.3, 0.4) is 0 Å². The number of rotatable bonds is 4. The van der Waals surface area contributed by atoms with E-state index >= 15 is 0 Å². The van der Waals surface area contributed by atoms with Gasteiger partial charge in [-0.2, -0.15) is 0 Å². The Morgan fingerprint density at radius 2 is 1.75 bits per heavy atom. The van der Waals surface area contributed by atoms with Gasteiger partial charge in [-0.3, -0.25) is 4.79 Å². The minimum Gasteiger partial charge on any atom is -0.382 e. The molecule has 0 heterocycles. The Bertz CT molecular complexity index is 431. The normalized spacial score (nSPS) is 22.4. The van der Waals surface area contributed by atoms with E-state index in [1.54, 1.807) is 19.0 Å². The fourth-order valence-corrected chi connectivity index (χ4v) is 2.92. The molecule has 0 atom stereocenters. The summed E-state index contributed by atoms with van der Waals surface area (Å²) in [6, 6.07) is 8.43. The molecule has 2 rings (SSSR count). The molecule has 3 nitrogen and oxygen atoms in total. The molecule has 1 N–H and O–H groups in total. The van der Waals surface area contributed by atoms with Crippen molar-refractivity contribution in [2.75, 3.05) is 19.4 Å². The van der Waals surface area contributed by atoms with E-state index < -0.39 is 0 Å². The summed E-state index contributed by atoms with van der Waals surface area (Å²) in [5.74, 6) is 0.980. The fraction of sp³-hybridized carbons (Fsp3) is 0.588. The highest BCUT2D eigenvalue weighted by atomic mass is 16.2. The summed E-state index contributed by atoms with van der Waals surface area (Å²) in [6.07, 6.45) is 6.51. The van der Waals surface area contributed by atoms with Gasteiger partial charge in [-0.1, -0.05) is 13.3 Å². The molecule has 1 aromatic rings. The zero-order chi connectivity index (χ0) is 14.5. The van der Waals surface area contributed by atoms with Gasteiger partial charge >= 0.3 is 0 Å². The number of nitrogens with zero attached hydrogens (tertiary/aromatic N) is 1. The average molecular weight is 274 g/mol. The van der Waals surface area contributed by atoms with E-state index in [4.69, 9.17) is 0 Å². The van der Waals surface area contributed by atoms with Crippen LogP contribution in [0.15, 0.2) is 24.3 Å². The van der Waals surface area contributed by atoms with Gasteiger partial charge in [-0.05, 0) is 55.9 Å². The molecule has 0 bridgehead atoms. The molecule has 110 valence electrons. The van der Waals surface area contributed by atoms with E-state index in [-0.39, 0.29) is 5.91 Å². The van der Waals surface area contributed by atoms with Crippen molar-refractivity contribution >= 4 is 11.6 Å². The monoisotopic (exact) mass is 274 g/mol. The highest BCUT2D eigenvalue weighted by Crippen LogP contribution is 2.28. The smallest absolute Gasteiger partial charge is 0.253 e. The van der Waals surface area contributed by atoms with Crippen LogP contribution in [0.4, 0.5) is 5.69 Å². The molecule has 1 saturated carbocycles. The number of carbonyl (C=O) groups excluding carboxylic acids is 1. The third kappa shape index (κ3) is 3.75. The van der Waals surface area contributed by atoms with Crippen LogP contribution in [-0.2, 0) is 0 Å². The van der Waals surface area contributed by atoms with Gasteiger partial charge in [0.15, 0.2) is 0 Å². The van der Waals surface area contributed by atoms with Gasteiger partial charge < -0.3 is 10.2 Å². The zero-order valence-corrected chi connectivity index (χ0v) is 12.9. The van der Waals surface area contributed by atoms with Crippen LogP contribution in [0.1, 0.15) is 49.4 Å². The van der Waals surface area contributed by atoms with E-state index in [9.17, 15) is 4.79 Å². The third-order valence-corrected chi connectivity index (χ3v) is 4.33. The van der Waals surface area contributed by atoms with Crippen LogP contribution >= 0.6 is 0 Å². The summed E-state index contributed by atoms with van der Waals surface area (Å²) >= 11 is 0. The molecule has 0 aromatic heterocycles. The molecular formula is C17H26N2O. The Morgan fingerprint density at radius 3 is 2.25 bits per heavy atom. The quantitative estimate of drug-likeness (QED) is 0.906. The summed E-state index contributed by atoms with van der Waals surface area (Å²) in [5.41, 5.74) is 1.87. The van der Waals surface area contributed by atoms with Gasteiger partial charge in [0.1, 0.15) is 0 Å². The summed E-state index contributed by atoms with van der Waals surface area (Å²) in [4.78, 5) is 13.4. The van der Waals surface area contributed by atoms with E-state index in [1.807, 2.05) is 24.3 Å². The highest BCUT2D eigenvalue weighted by molar-refractivity contribution is 5.94. The second kappa shape index (κ2) is 6.78. The molecule has 0 spiro atoms. The van der Waals surface area contributed by atoms with Crippen LogP contribution in [0.25, 0.3) is 0 Å². The number of hydrogen-bond acceptors (Lipinski definition) is 2. The third-order valence-electron chi connectivity index (χ3n) is 4.33. The molecule has 0 radical (unpaired) electrons. The van der Waals surface area contributed by atoms with Gasteiger partial charge in [0.25, 0.3) is 5.91 Å². The Hall–Kier alpha value is -1.51. The molecule has 1 fully saturated rings. The van der Waals surface area contributed by atoms with E-state index in [0.717, 1.165) is 17.2 Å². The lowest BCUT2D eigenvalue weighted by Gasteiger charge is -2.29. The molecule has 0 unspecified atom stereocenters. The first kappa shape index (κ1) is 14.9. The Kier molecular flexibility index (Phi) is 5.05. The zero-order valence-electron chi connectivity index (χ0n) is 12.9. The average Bonchev–Trinajstić information content (AvgIpc) is 2.48. The van der Waals surface area contributed by atoms with E-state index in [0.29, 0.717) is 6.04 Å². The predicted molar refractivity (Wildman–Crippen MR) is 84.1 cm³/mol. The Balaban J connectivity index is 1.90. The van der Waals surface area contributed by atoms with Crippen molar-refractivity contribution < 1.29 is 4.79 Å². The van der Waals surface area contributed by atoms with Gasteiger partial charge in [0.2, 0.25) is 0 Å². The van der Waals surface area contributed by atoms with Crippen molar-refractivity contribution in [1.82, 2.24) is 4.90 Å². The Morgan fingerprint density at radius 1 is 1.15 bits per heavy atom. The standard InChI is InChI=1S/C17H26N2O/c1-4-13-5-9-15(10-6-13)18-16-11-7-14(8-12-16)17(20)19(2)3/h7-8,11-13,15,18H,4-6,9-10H2,1-3H3. The Labute approximate surface area is 122 Å². The molecular weight excluding hydrogens is 248 g/mol. The van der Waals surface area contributed by atoms with Gasteiger partial charge in [0, 0.05) is 31.4 Å². The summed E-state index contributed by atoms with van der Waals surface area (Å²) in [7, 11) is 3.56. The summed E-state index contributed by atoms with van der Waals surface area (Å²) < 4.78 is 0. The molecule has 20 heavy (non-hydrogen) atoms. The molecule has 1 aliphatic carbocycles. The van der Waals surface area contributed by atoms with Crippen LogP contribution in [-0.4, -0.2) is 30.9 Å². The topological polar surface area (TPSA) is 32.3 Å². The van der Waals surface area contributed by atoms with Crippen molar-refractivity contribution in [3.63, 3.8) is 0 Å². The first-order chi connectivity index (χ1) is 9.60. The largest absolute Gasteiger partial charge is 0.382 e. The van der Waals surface area contributed by atoms with Crippen molar-refractivity contribution in [2.45, 2.75) is 45.1 Å². The molecule has 0 aliphatic heterocycles. The molecule has 1 amide bonds. The van der Waals surface area contributed by atoms with E-state index in [2.05, 4.69) is 12.2 Å². The number of benzene rings is 1. The van der Waals surface area contributed by atoms with Crippen molar-refractivity contribution in [3.05, 3.63) is 29.8 Å². The van der Waals surface area contributed by atoms with Crippen LogP contribution in [0.2, 0.25) is 0 Å². The predicted octanol–water partition coefficient (Wildman–Crippen LogP) is 3.77. The number of nitrogens with one attached hydrogen (secondary N) is 1. The molecule has 1 aliphatic rings. The SMILES string of the molecule is CCC1CCC(Nc2ccc(C(=O)N(C)C)cc2)CC1. The number of anilines is 1. The van der Waals surface area contributed by atoms with Crippen LogP contribution in [0, 0.1) is 5.92 Å². The van der Waals surface area contributed by atoms with Crippen molar-refractivity contribution in [2.24, 2.45) is 5.92 Å². The van der Waals surface area contributed by atoms with Crippen molar-refractivity contribution in [1.29, 1.82) is 0 Å². The maximum Gasteiger partial charge on any atom is 0.253 e. The summed E-state index contributed by atoms with van der Waals surface area (Å²) in [5, 5.41) is 3.60. The second-order valence-corrected chi connectivity index (χ2v) is 6.05. The highest BCUT2D eigenvalue weighted by Gasteiger charge is 2.19. The van der Waals surface area contributed by atoms with Gasteiger partial charge in [-0.15, -0.1) is 0 Å². The summed E-state index contributed by atoms with van der Waals surface area (Å²) in [6.45, 7) is 2.29. The second-order valence-electron chi connectivity index (χ2n) is 6.05. The number of carbonyl (C=O) groups is 1. The van der Waals surface area contributed by atoms with Gasteiger partial charge in [-0.25, -0.2) is 0 Å². The van der Waals surface area contributed by atoms with Gasteiger partial charge in [0.05, 0.1) is 0 Å².